The van der Waals surface area contributed by atoms with Crippen molar-refractivity contribution in [2.24, 2.45) is 0 Å². The molecular weight excluding hydrogens is 529 g/mol. The lowest BCUT2D eigenvalue weighted by Crippen LogP contribution is -2.51. The van der Waals surface area contributed by atoms with Crippen molar-refractivity contribution >= 4 is 27.8 Å². The third-order valence-electron chi connectivity index (χ3n) is 5.44. The number of piperazine rings is 1. The zero-order valence-electron chi connectivity index (χ0n) is 18.7. The Bertz CT molecular complexity index is 1330. The molecule has 1 saturated heterocycles. The largest absolute Gasteiger partial charge is 0.470 e. The Morgan fingerprint density at radius 2 is 1.78 bits per heavy atom. The van der Waals surface area contributed by atoms with Crippen molar-refractivity contribution in [3.05, 3.63) is 65.6 Å². The van der Waals surface area contributed by atoms with Gasteiger partial charge in [0.15, 0.2) is 0 Å². The smallest absolute Gasteiger partial charge is 0.413 e. The molecule has 1 fully saturated rings. The minimum atomic E-state index is -4.86. The van der Waals surface area contributed by atoms with Crippen LogP contribution in [0.2, 0.25) is 0 Å². The van der Waals surface area contributed by atoms with Crippen LogP contribution < -0.4 is 4.31 Å². The second-order valence-electron chi connectivity index (χ2n) is 7.72. The molecule has 4 rings (SSSR count). The predicted molar refractivity (Wildman–Crippen MR) is 123 cm³/mol. The van der Waals surface area contributed by atoms with E-state index in [1.54, 1.807) is 0 Å². The maximum Gasteiger partial charge on any atom is 0.470 e. The molecule has 0 atom stereocenters. The molecule has 8 nitrogen and oxygen atoms in total. The second kappa shape index (κ2) is 10.3. The Morgan fingerprint density at radius 3 is 2.36 bits per heavy atom. The average Bonchev–Trinajstić information content (AvgIpc) is 3.34. The van der Waals surface area contributed by atoms with Crippen LogP contribution in [0.1, 0.15) is 11.5 Å². The molecule has 2 aromatic carbocycles. The first-order chi connectivity index (χ1) is 17.0. The molecule has 0 aliphatic carbocycles. The van der Waals surface area contributed by atoms with E-state index in [-0.39, 0.29) is 29.9 Å². The monoisotopic (exact) mass is 549 g/mol. The molecule has 15 heteroatoms. The first kappa shape index (κ1) is 26.3. The fourth-order valence-electron chi connectivity index (χ4n) is 3.58. The van der Waals surface area contributed by atoms with Crippen LogP contribution in [0.15, 0.2) is 46.9 Å². The summed E-state index contributed by atoms with van der Waals surface area (Å²) >= 11 is 1.49. The van der Waals surface area contributed by atoms with E-state index < -0.39 is 46.3 Å². The van der Waals surface area contributed by atoms with Gasteiger partial charge in [0.05, 0.1) is 12.2 Å². The van der Waals surface area contributed by atoms with Crippen LogP contribution in [-0.4, -0.2) is 59.7 Å². The van der Waals surface area contributed by atoms with Gasteiger partial charge in [0.25, 0.3) is 0 Å². The molecule has 194 valence electrons. The van der Waals surface area contributed by atoms with E-state index in [4.69, 9.17) is 0 Å². The Labute approximate surface area is 208 Å². The number of hydrogen-bond acceptors (Lipinski definition) is 7. The molecule has 0 N–H and O–H groups in total. The maximum atomic E-state index is 15.0. The molecule has 0 amide bonds. The minimum absolute atomic E-state index is 0.00232. The van der Waals surface area contributed by atoms with Crippen molar-refractivity contribution < 1.29 is 34.8 Å². The zero-order valence-corrected chi connectivity index (χ0v) is 20.4. The summed E-state index contributed by atoms with van der Waals surface area (Å²) in [6, 6.07) is 8.22. The molecule has 3 aromatic rings. The molecule has 0 unspecified atom stereocenters. The quantitative estimate of drug-likeness (QED) is 0.323. The topological polar surface area (TPSA) is 82.8 Å². The number of halogens is 5. The van der Waals surface area contributed by atoms with E-state index in [2.05, 4.69) is 14.6 Å². The van der Waals surface area contributed by atoms with E-state index >= 15 is 4.39 Å². The van der Waals surface area contributed by atoms with Gasteiger partial charge in [0.2, 0.25) is 5.89 Å². The molecule has 36 heavy (non-hydrogen) atoms. The summed E-state index contributed by atoms with van der Waals surface area (Å²) in [6.07, 6.45) is -2.97. The van der Waals surface area contributed by atoms with E-state index in [1.807, 2.05) is 10.6 Å². The summed E-state index contributed by atoms with van der Waals surface area (Å²) in [7, 11) is -4.18. The standard InChI is InChI=1S/C21H20F5N5O3S2/c1-35-29-7-9-30(10-8-29)36(32,33)31(17-4-2-3-16(22)12-17)13-15-6-5-14(11-18(15)23)19-27-28-20(34-19)21(24,25)26/h2-6,11-12H,7-10,13H2,1H3. The Hall–Kier alpha value is -2.75. The van der Waals surface area contributed by atoms with Gasteiger partial charge in [-0.15, -0.1) is 10.2 Å². The third-order valence-corrected chi connectivity index (χ3v) is 8.23. The van der Waals surface area contributed by atoms with Crippen LogP contribution in [0.3, 0.4) is 0 Å². The minimum Gasteiger partial charge on any atom is -0.413 e. The lowest BCUT2D eigenvalue weighted by atomic mass is 10.1. The fraction of sp³-hybridized carbons (Fsp3) is 0.333. The number of aromatic nitrogens is 2. The van der Waals surface area contributed by atoms with Crippen LogP contribution in [-0.2, 0) is 22.9 Å². The number of anilines is 1. The van der Waals surface area contributed by atoms with Crippen molar-refractivity contribution in [3.8, 4) is 11.5 Å². The fourth-order valence-corrected chi connectivity index (χ4v) is 5.69. The number of benzene rings is 2. The Morgan fingerprint density at radius 1 is 1.06 bits per heavy atom. The van der Waals surface area contributed by atoms with Gasteiger partial charge in [-0.25, -0.2) is 13.1 Å². The number of alkyl halides is 3. The van der Waals surface area contributed by atoms with Gasteiger partial charge in [-0.2, -0.15) is 25.9 Å². The van der Waals surface area contributed by atoms with Gasteiger partial charge < -0.3 is 4.42 Å². The van der Waals surface area contributed by atoms with Gasteiger partial charge in [0, 0.05) is 37.3 Å². The SMILES string of the molecule is CSN1CCN(S(=O)(=O)N(Cc2ccc(-c3nnc(C(F)(F)F)o3)cc2F)c2cccc(F)c2)CC1. The van der Waals surface area contributed by atoms with E-state index in [9.17, 15) is 26.0 Å². The van der Waals surface area contributed by atoms with Crippen LogP contribution in [0, 0.1) is 11.6 Å². The molecule has 2 heterocycles. The van der Waals surface area contributed by atoms with E-state index in [0.29, 0.717) is 13.1 Å². The number of nitrogens with zero attached hydrogens (tertiary/aromatic N) is 5. The first-order valence-corrected chi connectivity index (χ1v) is 13.1. The van der Waals surface area contributed by atoms with E-state index in [1.165, 1.54) is 40.5 Å². The Kier molecular flexibility index (Phi) is 7.54. The summed E-state index contributed by atoms with van der Waals surface area (Å²) in [5.74, 6) is -3.71. The van der Waals surface area contributed by atoms with Crippen LogP contribution in [0.25, 0.3) is 11.5 Å². The highest BCUT2D eigenvalue weighted by Gasteiger charge is 2.38. The van der Waals surface area contributed by atoms with Gasteiger partial charge in [-0.05, 0) is 36.6 Å². The van der Waals surface area contributed by atoms with Gasteiger partial charge >= 0.3 is 22.3 Å². The van der Waals surface area contributed by atoms with Crippen LogP contribution in [0.4, 0.5) is 27.6 Å². The molecule has 1 aromatic heterocycles. The molecule has 0 bridgehead atoms. The van der Waals surface area contributed by atoms with Crippen molar-refractivity contribution in [2.75, 3.05) is 36.7 Å². The van der Waals surface area contributed by atoms with Gasteiger partial charge in [-0.1, -0.05) is 24.1 Å². The molecule has 0 radical (unpaired) electrons. The van der Waals surface area contributed by atoms with Crippen molar-refractivity contribution in [1.82, 2.24) is 18.8 Å². The summed E-state index contributed by atoms with van der Waals surface area (Å²) in [4.78, 5) is 0. The lowest BCUT2D eigenvalue weighted by Gasteiger charge is -2.36. The van der Waals surface area contributed by atoms with E-state index in [0.717, 1.165) is 22.5 Å². The molecular formula is C21H20F5N5O3S2. The van der Waals surface area contributed by atoms with Gasteiger partial charge in [0.1, 0.15) is 11.6 Å². The third kappa shape index (κ3) is 5.63. The molecule has 0 spiro atoms. The first-order valence-electron chi connectivity index (χ1n) is 10.5. The maximum absolute atomic E-state index is 15.0. The Balaban J connectivity index is 1.64. The summed E-state index contributed by atoms with van der Waals surface area (Å²) in [5, 5.41) is 6.20. The van der Waals surface area contributed by atoms with Crippen molar-refractivity contribution in [1.29, 1.82) is 0 Å². The van der Waals surface area contributed by atoms with Crippen molar-refractivity contribution in [3.63, 3.8) is 0 Å². The van der Waals surface area contributed by atoms with Crippen LogP contribution >= 0.6 is 11.9 Å². The highest BCUT2D eigenvalue weighted by molar-refractivity contribution is 7.96. The molecule has 1 aliphatic heterocycles. The highest BCUT2D eigenvalue weighted by Crippen LogP contribution is 2.32. The second-order valence-corrected chi connectivity index (χ2v) is 10.5. The van der Waals surface area contributed by atoms with Gasteiger partial charge in [-0.3, -0.25) is 4.31 Å². The summed E-state index contributed by atoms with van der Waals surface area (Å²) in [5.41, 5.74) is -0.213. The van der Waals surface area contributed by atoms with Crippen molar-refractivity contribution in [2.45, 2.75) is 12.7 Å². The number of hydrogen-bond donors (Lipinski definition) is 0. The summed E-state index contributed by atoms with van der Waals surface area (Å²) in [6.45, 7) is 0.845. The lowest BCUT2D eigenvalue weighted by molar-refractivity contribution is -0.156. The molecule has 0 saturated carbocycles. The average molecular weight is 550 g/mol. The predicted octanol–water partition coefficient (Wildman–Crippen LogP) is 4.18. The zero-order chi connectivity index (χ0) is 26.1. The summed E-state index contributed by atoms with van der Waals surface area (Å²) < 4.78 is 103. The van der Waals surface area contributed by atoms with Crippen LogP contribution in [0.5, 0.6) is 0 Å². The normalized spacial score (nSPS) is 15.8. The highest BCUT2D eigenvalue weighted by atomic mass is 32.2. The molecule has 1 aliphatic rings. The number of rotatable bonds is 7.